The minimum absolute atomic E-state index is 0.0519. The van der Waals surface area contributed by atoms with E-state index in [4.69, 9.17) is 0 Å². The van der Waals surface area contributed by atoms with E-state index < -0.39 is 0 Å². The summed E-state index contributed by atoms with van der Waals surface area (Å²) < 4.78 is 0. The number of carbonyl (C=O) groups excluding carboxylic acids is 2. The zero-order valence-electron chi connectivity index (χ0n) is 15.8. The van der Waals surface area contributed by atoms with Gasteiger partial charge in [-0.05, 0) is 56.7 Å². The van der Waals surface area contributed by atoms with Crippen LogP contribution in [0.15, 0.2) is 18.2 Å². The zero-order valence-corrected chi connectivity index (χ0v) is 15.8. The van der Waals surface area contributed by atoms with Gasteiger partial charge >= 0.3 is 0 Å². The molecule has 0 radical (unpaired) electrons. The molecule has 0 bridgehead atoms. The Kier molecular flexibility index (Phi) is 4.74. The number of aryl methyl sites for hydroxylation is 1. The van der Waals surface area contributed by atoms with Gasteiger partial charge in [0.2, 0.25) is 11.8 Å². The van der Waals surface area contributed by atoms with Gasteiger partial charge in [0.05, 0.1) is 5.92 Å². The summed E-state index contributed by atoms with van der Waals surface area (Å²) in [7, 11) is 0. The van der Waals surface area contributed by atoms with Crippen LogP contribution in [0.2, 0.25) is 0 Å². The first-order chi connectivity index (χ1) is 12.5. The second kappa shape index (κ2) is 7.03. The molecule has 5 heteroatoms. The Morgan fingerprint density at radius 3 is 2.54 bits per heavy atom. The molecule has 1 aromatic rings. The summed E-state index contributed by atoms with van der Waals surface area (Å²) in [6.45, 7) is 6.77. The quantitative estimate of drug-likeness (QED) is 0.902. The van der Waals surface area contributed by atoms with E-state index in [-0.39, 0.29) is 23.8 Å². The number of nitrogens with one attached hydrogen (secondary N) is 1. The summed E-state index contributed by atoms with van der Waals surface area (Å²) in [6, 6.07) is 7.09. The summed E-state index contributed by atoms with van der Waals surface area (Å²) in [5, 5.41) is 3.21. The van der Waals surface area contributed by atoms with Crippen molar-refractivity contribution in [2.24, 2.45) is 5.92 Å². The minimum atomic E-state index is -0.233. The van der Waals surface area contributed by atoms with Crippen LogP contribution >= 0.6 is 0 Å². The van der Waals surface area contributed by atoms with Crippen molar-refractivity contribution in [1.82, 2.24) is 10.2 Å². The van der Waals surface area contributed by atoms with E-state index in [0.29, 0.717) is 13.0 Å². The third kappa shape index (κ3) is 3.50. The van der Waals surface area contributed by atoms with Gasteiger partial charge in [-0.1, -0.05) is 12.1 Å². The molecule has 5 nitrogen and oxygen atoms in total. The lowest BCUT2D eigenvalue weighted by molar-refractivity contribution is -0.127. The van der Waals surface area contributed by atoms with Gasteiger partial charge in [-0.15, -0.1) is 0 Å². The maximum Gasteiger partial charge on any atom is 0.227 e. The molecule has 0 spiro atoms. The van der Waals surface area contributed by atoms with Crippen LogP contribution in [0, 0.1) is 19.8 Å². The summed E-state index contributed by atoms with van der Waals surface area (Å²) in [6.07, 6.45) is 5.07. The number of carbonyl (C=O) groups is 2. The first-order valence-electron chi connectivity index (χ1n) is 9.94. The van der Waals surface area contributed by atoms with Crippen LogP contribution in [-0.2, 0) is 9.59 Å². The van der Waals surface area contributed by atoms with Gasteiger partial charge in [0.1, 0.15) is 0 Å². The van der Waals surface area contributed by atoms with Gasteiger partial charge in [0, 0.05) is 43.8 Å². The Bertz CT molecular complexity index is 705. The Morgan fingerprint density at radius 2 is 1.85 bits per heavy atom. The summed E-state index contributed by atoms with van der Waals surface area (Å²) in [4.78, 5) is 29.6. The lowest BCUT2D eigenvalue weighted by Crippen LogP contribution is -2.47. The predicted molar refractivity (Wildman–Crippen MR) is 102 cm³/mol. The number of anilines is 1. The first kappa shape index (κ1) is 17.5. The van der Waals surface area contributed by atoms with Gasteiger partial charge in [0.15, 0.2) is 0 Å². The SMILES string of the molecule is Cc1cccc(N2C[C@@H](C(=O)NC3CCN(C4CC4)CC3)CC2=O)c1C. The van der Waals surface area contributed by atoms with Crippen molar-refractivity contribution in [2.45, 2.75) is 58.0 Å². The van der Waals surface area contributed by atoms with E-state index in [1.807, 2.05) is 19.1 Å². The topological polar surface area (TPSA) is 52.7 Å². The van der Waals surface area contributed by atoms with Crippen molar-refractivity contribution in [2.75, 3.05) is 24.5 Å². The van der Waals surface area contributed by atoms with Crippen LogP contribution in [0.25, 0.3) is 0 Å². The Balaban J connectivity index is 1.34. The van der Waals surface area contributed by atoms with Crippen LogP contribution in [-0.4, -0.2) is 48.4 Å². The average molecular weight is 355 g/mol. The number of amides is 2. The number of benzene rings is 1. The Labute approximate surface area is 155 Å². The van der Waals surface area contributed by atoms with E-state index in [9.17, 15) is 9.59 Å². The largest absolute Gasteiger partial charge is 0.353 e. The lowest BCUT2D eigenvalue weighted by atomic mass is 10.0. The number of piperidine rings is 1. The third-order valence-electron chi connectivity index (χ3n) is 6.30. The second-order valence-corrected chi connectivity index (χ2v) is 8.17. The van der Waals surface area contributed by atoms with Crippen molar-refractivity contribution >= 4 is 17.5 Å². The monoisotopic (exact) mass is 355 g/mol. The van der Waals surface area contributed by atoms with E-state index in [1.165, 1.54) is 18.4 Å². The van der Waals surface area contributed by atoms with E-state index in [0.717, 1.165) is 43.2 Å². The summed E-state index contributed by atoms with van der Waals surface area (Å²) >= 11 is 0. The zero-order chi connectivity index (χ0) is 18.3. The van der Waals surface area contributed by atoms with Crippen LogP contribution in [0.3, 0.4) is 0 Å². The predicted octanol–water partition coefficient (Wildman–Crippen LogP) is 2.40. The van der Waals surface area contributed by atoms with Gasteiger partial charge in [0.25, 0.3) is 0 Å². The third-order valence-corrected chi connectivity index (χ3v) is 6.30. The fourth-order valence-corrected chi connectivity index (χ4v) is 4.31. The molecule has 1 N–H and O–H groups in total. The molecule has 2 aliphatic heterocycles. The molecule has 1 saturated carbocycles. The molecule has 0 aromatic heterocycles. The highest BCUT2D eigenvalue weighted by atomic mass is 16.2. The van der Waals surface area contributed by atoms with Crippen molar-refractivity contribution in [3.05, 3.63) is 29.3 Å². The Hall–Kier alpha value is -1.88. The number of hydrogen-bond acceptors (Lipinski definition) is 3. The number of nitrogens with zero attached hydrogens (tertiary/aromatic N) is 2. The molecular weight excluding hydrogens is 326 g/mol. The molecule has 1 aromatic carbocycles. The second-order valence-electron chi connectivity index (χ2n) is 8.17. The molecular formula is C21H29N3O2. The molecule has 2 amide bonds. The molecule has 26 heavy (non-hydrogen) atoms. The van der Waals surface area contributed by atoms with Gasteiger partial charge in [-0.25, -0.2) is 0 Å². The van der Waals surface area contributed by atoms with Crippen LogP contribution in [0.5, 0.6) is 0 Å². The average Bonchev–Trinajstić information content (AvgIpc) is 3.40. The Morgan fingerprint density at radius 1 is 1.12 bits per heavy atom. The maximum atomic E-state index is 12.7. The highest BCUT2D eigenvalue weighted by Gasteiger charge is 2.37. The smallest absolute Gasteiger partial charge is 0.227 e. The molecule has 4 rings (SSSR count). The van der Waals surface area contributed by atoms with Crippen molar-refractivity contribution < 1.29 is 9.59 Å². The number of hydrogen-bond donors (Lipinski definition) is 1. The van der Waals surface area contributed by atoms with E-state index in [1.54, 1.807) is 4.90 Å². The van der Waals surface area contributed by atoms with Gasteiger partial charge in [-0.2, -0.15) is 0 Å². The summed E-state index contributed by atoms with van der Waals surface area (Å²) in [5.41, 5.74) is 3.24. The molecule has 1 aliphatic carbocycles. The first-order valence-corrected chi connectivity index (χ1v) is 9.94. The highest BCUT2D eigenvalue weighted by Crippen LogP contribution is 2.31. The molecule has 2 saturated heterocycles. The molecule has 3 fully saturated rings. The number of rotatable bonds is 4. The van der Waals surface area contributed by atoms with Gasteiger partial charge in [-0.3, -0.25) is 9.59 Å². The van der Waals surface area contributed by atoms with Crippen molar-refractivity contribution in [3.63, 3.8) is 0 Å². The minimum Gasteiger partial charge on any atom is -0.353 e. The molecule has 2 heterocycles. The van der Waals surface area contributed by atoms with Crippen LogP contribution in [0.1, 0.15) is 43.2 Å². The molecule has 3 aliphatic rings. The van der Waals surface area contributed by atoms with Crippen LogP contribution < -0.4 is 10.2 Å². The van der Waals surface area contributed by atoms with Gasteiger partial charge < -0.3 is 15.1 Å². The number of likely N-dealkylation sites (tertiary alicyclic amines) is 1. The van der Waals surface area contributed by atoms with Crippen molar-refractivity contribution in [1.29, 1.82) is 0 Å². The lowest BCUT2D eigenvalue weighted by Gasteiger charge is -2.32. The maximum absolute atomic E-state index is 12.7. The van der Waals surface area contributed by atoms with E-state index >= 15 is 0 Å². The molecule has 1 atom stereocenters. The van der Waals surface area contributed by atoms with Crippen LogP contribution in [0.4, 0.5) is 5.69 Å². The van der Waals surface area contributed by atoms with E-state index in [2.05, 4.69) is 23.2 Å². The fraction of sp³-hybridized carbons (Fsp3) is 0.619. The molecule has 0 unspecified atom stereocenters. The standard InChI is InChI=1S/C21H29N3O2/c1-14-4-3-5-19(15(14)2)24-13-16(12-20(24)25)21(26)22-17-8-10-23(11-9-17)18-6-7-18/h3-5,16-18H,6-13H2,1-2H3,(H,22,26)/t16-/m0/s1. The molecule has 140 valence electrons. The highest BCUT2D eigenvalue weighted by molar-refractivity contribution is 6.01. The van der Waals surface area contributed by atoms with Crippen molar-refractivity contribution in [3.8, 4) is 0 Å². The summed E-state index contributed by atoms with van der Waals surface area (Å²) in [5.74, 6) is -0.123. The normalized spacial score (nSPS) is 24.9. The fourth-order valence-electron chi connectivity index (χ4n) is 4.31.